The van der Waals surface area contributed by atoms with Gasteiger partial charge in [-0.2, -0.15) is 0 Å². The van der Waals surface area contributed by atoms with Crippen LogP contribution < -0.4 is 10.6 Å². The predicted molar refractivity (Wildman–Crippen MR) is 103 cm³/mol. The van der Waals surface area contributed by atoms with Crippen LogP contribution in [0.1, 0.15) is 50.7 Å². The van der Waals surface area contributed by atoms with E-state index in [4.69, 9.17) is 9.73 Å². The molecule has 3 aliphatic rings. The summed E-state index contributed by atoms with van der Waals surface area (Å²) in [6, 6.07) is 0.388. The number of hydrogen-bond donors (Lipinski definition) is 2. The van der Waals surface area contributed by atoms with Gasteiger partial charge in [0.2, 0.25) is 0 Å². The molecule has 7 nitrogen and oxygen atoms in total. The third kappa shape index (κ3) is 3.68. The summed E-state index contributed by atoms with van der Waals surface area (Å²) in [5, 5.41) is 15.5. The van der Waals surface area contributed by atoms with Gasteiger partial charge < -0.3 is 19.9 Å². The minimum atomic E-state index is 0. The normalized spacial score (nSPS) is 28.4. The fourth-order valence-corrected chi connectivity index (χ4v) is 3.92. The molecule has 2 bridgehead atoms. The number of hydrogen-bond acceptors (Lipinski definition) is 4. The lowest BCUT2D eigenvalue weighted by Gasteiger charge is -2.22. The average Bonchev–Trinajstić information content (AvgIpc) is 3.28. The van der Waals surface area contributed by atoms with Crippen molar-refractivity contribution in [2.45, 2.75) is 76.8 Å². The number of nitrogens with one attached hydrogen (secondary N) is 2. The number of aromatic nitrogens is 3. The molecule has 0 aliphatic carbocycles. The van der Waals surface area contributed by atoms with Crippen molar-refractivity contribution in [2.24, 2.45) is 4.99 Å². The number of halogens is 1. The molecule has 2 fully saturated rings. The zero-order valence-electron chi connectivity index (χ0n) is 14.2. The van der Waals surface area contributed by atoms with Crippen LogP contribution in [-0.2, 0) is 24.2 Å². The molecule has 0 spiro atoms. The summed E-state index contributed by atoms with van der Waals surface area (Å²) in [5.41, 5.74) is 0. The van der Waals surface area contributed by atoms with Crippen molar-refractivity contribution in [3.8, 4) is 0 Å². The molecule has 0 amide bonds. The Morgan fingerprint density at radius 3 is 3.00 bits per heavy atom. The van der Waals surface area contributed by atoms with E-state index in [0.29, 0.717) is 24.8 Å². The van der Waals surface area contributed by atoms with Crippen LogP contribution in [0.15, 0.2) is 4.99 Å². The minimum Gasteiger partial charge on any atom is -0.373 e. The maximum absolute atomic E-state index is 5.92. The zero-order valence-corrected chi connectivity index (χ0v) is 16.5. The number of rotatable bonds is 4. The molecule has 1 aromatic heterocycles. The molecule has 24 heavy (non-hydrogen) atoms. The molecule has 8 heteroatoms. The first kappa shape index (κ1) is 17.9. The van der Waals surface area contributed by atoms with Gasteiger partial charge in [-0.1, -0.05) is 0 Å². The average molecular weight is 446 g/mol. The van der Waals surface area contributed by atoms with Crippen molar-refractivity contribution < 1.29 is 4.74 Å². The lowest BCUT2D eigenvalue weighted by atomic mass is 9.96. The van der Waals surface area contributed by atoms with Crippen molar-refractivity contribution in [1.82, 2.24) is 25.4 Å². The Kier molecular flexibility index (Phi) is 5.96. The van der Waals surface area contributed by atoms with Crippen LogP contribution in [-0.4, -0.2) is 45.5 Å². The number of nitrogens with zero attached hydrogens (tertiary/aromatic N) is 4. The van der Waals surface area contributed by atoms with E-state index in [2.05, 4.69) is 32.3 Å². The molecule has 2 saturated heterocycles. The van der Waals surface area contributed by atoms with Gasteiger partial charge in [0.15, 0.2) is 11.8 Å². The standard InChI is InChI=1S/C16H26N6O.HI/c1-2-17-16(19-12-9-11-6-7-13(12)23-11)18-10-15-21-20-14-5-3-4-8-22(14)15;/h11-13H,2-10H2,1H3,(H2,17,18,19);1H. The van der Waals surface area contributed by atoms with Gasteiger partial charge in [-0.15, -0.1) is 34.2 Å². The van der Waals surface area contributed by atoms with Gasteiger partial charge in [-0.25, -0.2) is 4.99 Å². The molecule has 1 aromatic rings. The lowest BCUT2D eigenvalue weighted by molar-refractivity contribution is 0.0992. The smallest absolute Gasteiger partial charge is 0.192 e. The summed E-state index contributed by atoms with van der Waals surface area (Å²) < 4.78 is 8.15. The van der Waals surface area contributed by atoms with Crippen molar-refractivity contribution in [3.63, 3.8) is 0 Å². The summed E-state index contributed by atoms with van der Waals surface area (Å²) in [5.74, 6) is 2.95. The van der Waals surface area contributed by atoms with E-state index in [9.17, 15) is 0 Å². The number of guanidine groups is 1. The Hall–Kier alpha value is -0.900. The van der Waals surface area contributed by atoms with E-state index in [1.807, 2.05) is 0 Å². The van der Waals surface area contributed by atoms with E-state index in [1.165, 1.54) is 25.7 Å². The second-order valence-corrected chi connectivity index (χ2v) is 6.70. The highest BCUT2D eigenvalue weighted by atomic mass is 127. The molecule has 0 radical (unpaired) electrons. The second-order valence-electron chi connectivity index (χ2n) is 6.70. The maximum Gasteiger partial charge on any atom is 0.192 e. The molecule has 3 atom stereocenters. The van der Waals surface area contributed by atoms with E-state index in [-0.39, 0.29) is 24.0 Å². The first-order valence-electron chi connectivity index (χ1n) is 8.94. The number of ether oxygens (including phenoxy) is 1. The van der Waals surface area contributed by atoms with Crippen LogP contribution in [0.2, 0.25) is 0 Å². The van der Waals surface area contributed by atoms with Gasteiger partial charge in [-0.05, 0) is 39.0 Å². The highest BCUT2D eigenvalue weighted by molar-refractivity contribution is 14.0. The van der Waals surface area contributed by atoms with Gasteiger partial charge >= 0.3 is 0 Å². The van der Waals surface area contributed by atoms with Crippen LogP contribution in [0.25, 0.3) is 0 Å². The van der Waals surface area contributed by atoms with Crippen LogP contribution in [0.4, 0.5) is 0 Å². The van der Waals surface area contributed by atoms with E-state index in [0.717, 1.165) is 43.5 Å². The van der Waals surface area contributed by atoms with Gasteiger partial charge in [0.1, 0.15) is 12.4 Å². The molecular formula is C16H27IN6O. The van der Waals surface area contributed by atoms with E-state index < -0.39 is 0 Å². The van der Waals surface area contributed by atoms with Crippen molar-refractivity contribution in [3.05, 3.63) is 11.6 Å². The molecule has 4 heterocycles. The van der Waals surface area contributed by atoms with Crippen molar-refractivity contribution >= 4 is 29.9 Å². The third-order valence-electron chi connectivity index (χ3n) is 5.09. The first-order valence-corrected chi connectivity index (χ1v) is 8.94. The molecule has 134 valence electrons. The van der Waals surface area contributed by atoms with Crippen molar-refractivity contribution in [2.75, 3.05) is 6.54 Å². The van der Waals surface area contributed by atoms with Gasteiger partial charge in [0.05, 0.1) is 18.2 Å². The Balaban J connectivity index is 0.00000169. The minimum absolute atomic E-state index is 0. The molecule has 0 saturated carbocycles. The maximum atomic E-state index is 5.92. The fraction of sp³-hybridized carbons (Fsp3) is 0.812. The fourth-order valence-electron chi connectivity index (χ4n) is 3.92. The highest BCUT2D eigenvalue weighted by Crippen LogP contribution is 2.34. The summed E-state index contributed by atoms with van der Waals surface area (Å²) in [6.45, 7) is 4.54. The van der Waals surface area contributed by atoms with E-state index in [1.54, 1.807) is 0 Å². The highest BCUT2D eigenvalue weighted by Gasteiger charge is 2.41. The number of aryl methyl sites for hydroxylation is 1. The van der Waals surface area contributed by atoms with Crippen LogP contribution in [0.3, 0.4) is 0 Å². The quantitative estimate of drug-likeness (QED) is 0.418. The Morgan fingerprint density at radius 1 is 1.33 bits per heavy atom. The van der Waals surface area contributed by atoms with Crippen LogP contribution >= 0.6 is 24.0 Å². The number of aliphatic imine (C=N–C) groups is 1. The third-order valence-corrected chi connectivity index (χ3v) is 5.09. The van der Waals surface area contributed by atoms with E-state index >= 15 is 0 Å². The summed E-state index contributed by atoms with van der Waals surface area (Å²) in [4.78, 5) is 4.73. The van der Waals surface area contributed by atoms with Gasteiger partial charge in [0, 0.05) is 19.5 Å². The first-order chi connectivity index (χ1) is 11.3. The lowest BCUT2D eigenvalue weighted by Crippen LogP contribution is -2.47. The molecule has 0 aromatic carbocycles. The largest absolute Gasteiger partial charge is 0.373 e. The van der Waals surface area contributed by atoms with Crippen LogP contribution in [0.5, 0.6) is 0 Å². The second kappa shape index (κ2) is 7.99. The van der Waals surface area contributed by atoms with Gasteiger partial charge in [0.25, 0.3) is 0 Å². The molecular weight excluding hydrogens is 419 g/mol. The SMILES string of the molecule is CCNC(=NCc1nnc2n1CCCC2)NC1CC2CCC1O2.I. The summed E-state index contributed by atoms with van der Waals surface area (Å²) >= 11 is 0. The summed E-state index contributed by atoms with van der Waals surface area (Å²) in [7, 11) is 0. The van der Waals surface area contributed by atoms with Crippen LogP contribution in [0, 0.1) is 0 Å². The molecule has 3 aliphatic heterocycles. The zero-order chi connectivity index (χ0) is 15.6. The monoisotopic (exact) mass is 446 g/mol. The van der Waals surface area contributed by atoms with Crippen molar-refractivity contribution in [1.29, 1.82) is 0 Å². The Bertz CT molecular complexity index is 589. The molecule has 2 N–H and O–H groups in total. The van der Waals surface area contributed by atoms with Gasteiger partial charge in [-0.3, -0.25) is 0 Å². The summed E-state index contributed by atoms with van der Waals surface area (Å²) in [6.07, 6.45) is 7.74. The molecule has 4 rings (SSSR count). The molecule has 3 unspecified atom stereocenters. The Morgan fingerprint density at radius 2 is 2.25 bits per heavy atom. The number of fused-ring (bicyclic) bond motifs is 3. The Labute approximate surface area is 160 Å². The topological polar surface area (TPSA) is 76.4 Å². The predicted octanol–water partition coefficient (Wildman–Crippen LogP) is 1.61.